The lowest BCUT2D eigenvalue weighted by Gasteiger charge is -2.26. The molecule has 1 atom stereocenters. The number of benzene rings is 2. The number of hydrogen-bond donors (Lipinski definition) is 1. The zero-order chi connectivity index (χ0) is 20.2. The van der Waals surface area contributed by atoms with Crippen molar-refractivity contribution >= 4 is 17.6 Å². The third-order valence-corrected chi connectivity index (χ3v) is 6.08. The quantitative estimate of drug-likeness (QED) is 0.836. The number of amides is 3. The van der Waals surface area contributed by atoms with Crippen molar-refractivity contribution in [3.05, 3.63) is 65.2 Å². The van der Waals surface area contributed by atoms with Gasteiger partial charge in [-0.1, -0.05) is 42.5 Å². The number of nitrogens with zero attached hydrogens (tertiary/aromatic N) is 2. The molecule has 0 unspecified atom stereocenters. The molecule has 1 N–H and O–H groups in total. The third-order valence-electron chi connectivity index (χ3n) is 6.08. The molecule has 0 spiro atoms. The van der Waals surface area contributed by atoms with E-state index in [0.29, 0.717) is 11.3 Å². The van der Waals surface area contributed by atoms with E-state index in [-0.39, 0.29) is 18.0 Å². The van der Waals surface area contributed by atoms with Crippen LogP contribution < -0.4 is 5.32 Å². The Kier molecular flexibility index (Phi) is 5.84. The minimum atomic E-state index is -0.104. The van der Waals surface area contributed by atoms with Crippen molar-refractivity contribution in [2.45, 2.75) is 45.1 Å². The first-order valence-corrected chi connectivity index (χ1v) is 10.6. The number of rotatable bonds is 4. The van der Waals surface area contributed by atoms with Crippen molar-refractivity contribution in [3.63, 3.8) is 0 Å². The van der Waals surface area contributed by atoms with Crippen molar-refractivity contribution < 1.29 is 9.59 Å². The molecule has 2 saturated heterocycles. The fraction of sp³-hybridized carbons (Fsp3) is 0.417. The van der Waals surface area contributed by atoms with Gasteiger partial charge in [-0.2, -0.15) is 0 Å². The Balaban J connectivity index is 1.51. The summed E-state index contributed by atoms with van der Waals surface area (Å²) < 4.78 is 0. The van der Waals surface area contributed by atoms with Gasteiger partial charge in [0.2, 0.25) is 0 Å². The Morgan fingerprint density at radius 3 is 2.48 bits per heavy atom. The monoisotopic (exact) mass is 391 g/mol. The maximum atomic E-state index is 13.2. The summed E-state index contributed by atoms with van der Waals surface area (Å²) in [6.45, 7) is 4.29. The second-order valence-corrected chi connectivity index (χ2v) is 8.11. The summed E-state index contributed by atoms with van der Waals surface area (Å²) in [5, 5.41) is 3.08. The first-order chi connectivity index (χ1) is 14.1. The Bertz CT molecular complexity index is 875. The molecule has 0 radical (unpaired) electrons. The Labute approximate surface area is 172 Å². The highest BCUT2D eigenvalue weighted by molar-refractivity contribution is 6.04. The van der Waals surface area contributed by atoms with E-state index in [1.54, 1.807) is 0 Å². The van der Waals surface area contributed by atoms with Crippen LogP contribution in [0.1, 0.15) is 47.2 Å². The lowest BCUT2D eigenvalue weighted by Crippen LogP contribution is -2.40. The summed E-state index contributed by atoms with van der Waals surface area (Å²) in [5.41, 5.74) is 3.42. The summed E-state index contributed by atoms with van der Waals surface area (Å²) in [7, 11) is 0. The van der Waals surface area contributed by atoms with Crippen LogP contribution in [-0.2, 0) is 6.42 Å². The van der Waals surface area contributed by atoms with Gasteiger partial charge in [-0.15, -0.1) is 0 Å². The van der Waals surface area contributed by atoms with Gasteiger partial charge in [0, 0.05) is 25.7 Å². The van der Waals surface area contributed by atoms with E-state index in [2.05, 4.69) is 17.4 Å². The molecule has 4 rings (SSSR count). The van der Waals surface area contributed by atoms with E-state index in [0.717, 1.165) is 57.3 Å². The van der Waals surface area contributed by atoms with Crippen LogP contribution in [0, 0.1) is 6.92 Å². The van der Waals surface area contributed by atoms with Gasteiger partial charge in [-0.25, -0.2) is 4.79 Å². The number of carbonyl (C=O) groups is 2. The number of likely N-dealkylation sites (tertiary alicyclic amines) is 2. The summed E-state index contributed by atoms with van der Waals surface area (Å²) >= 11 is 0. The van der Waals surface area contributed by atoms with Crippen molar-refractivity contribution in [1.29, 1.82) is 0 Å². The van der Waals surface area contributed by atoms with Crippen molar-refractivity contribution in [3.8, 4) is 0 Å². The Hall–Kier alpha value is -2.82. The molecule has 0 saturated carbocycles. The molecule has 152 valence electrons. The van der Waals surface area contributed by atoms with Crippen LogP contribution in [0.2, 0.25) is 0 Å². The van der Waals surface area contributed by atoms with E-state index in [1.165, 1.54) is 5.56 Å². The number of anilines is 1. The van der Waals surface area contributed by atoms with E-state index in [4.69, 9.17) is 0 Å². The van der Waals surface area contributed by atoms with Crippen molar-refractivity contribution in [2.24, 2.45) is 0 Å². The molecule has 2 aromatic rings. The normalized spacial score (nSPS) is 18.9. The molecule has 29 heavy (non-hydrogen) atoms. The van der Waals surface area contributed by atoms with Crippen molar-refractivity contribution in [2.75, 3.05) is 25.0 Å². The lowest BCUT2D eigenvalue weighted by atomic mass is 10.0. The van der Waals surface area contributed by atoms with E-state index in [9.17, 15) is 9.59 Å². The van der Waals surface area contributed by atoms with Crippen molar-refractivity contribution in [1.82, 2.24) is 9.80 Å². The standard InChI is InChI=1S/C24H29N3O2/c1-18-9-7-13-21(23(28)26-14-5-6-15-26)22(18)25-24(29)27-16-8-12-20(27)17-19-10-3-2-4-11-19/h2-4,7,9-11,13,20H,5-6,8,12,14-17H2,1H3,(H,25,29)/t20-/m0/s1. The first kappa shape index (κ1) is 19.5. The molecule has 3 amide bonds. The molecular formula is C24H29N3O2. The van der Waals surface area contributed by atoms with Gasteiger partial charge in [0.1, 0.15) is 0 Å². The highest BCUT2D eigenvalue weighted by atomic mass is 16.2. The number of hydrogen-bond acceptors (Lipinski definition) is 2. The summed E-state index contributed by atoms with van der Waals surface area (Å²) in [6, 6.07) is 16.1. The number of carbonyl (C=O) groups excluding carboxylic acids is 2. The Morgan fingerprint density at radius 2 is 1.72 bits per heavy atom. The first-order valence-electron chi connectivity index (χ1n) is 10.6. The van der Waals surface area contributed by atoms with E-state index < -0.39 is 0 Å². The van der Waals surface area contributed by atoms with Gasteiger partial charge in [-0.3, -0.25) is 4.79 Å². The van der Waals surface area contributed by atoms with Gasteiger partial charge in [0.05, 0.1) is 11.3 Å². The number of urea groups is 1. The second kappa shape index (κ2) is 8.68. The SMILES string of the molecule is Cc1cccc(C(=O)N2CCCC2)c1NC(=O)N1CCC[C@H]1Cc1ccccc1. The molecule has 2 aliphatic rings. The molecule has 5 heteroatoms. The predicted octanol–water partition coefficient (Wildman–Crippen LogP) is 4.47. The smallest absolute Gasteiger partial charge is 0.322 e. The highest BCUT2D eigenvalue weighted by Crippen LogP contribution is 2.27. The minimum Gasteiger partial charge on any atom is -0.339 e. The van der Waals surface area contributed by atoms with Crippen LogP contribution in [0.5, 0.6) is 0 Å². The number of nitrogens with one attached hydrogen (secondary N) is 1. The highest BCUT2D eigenvalue weighted by Gasteiger charge is 2.30. The molecule has 0 bridgehead atoms. The fourth-order valence-corrected chi connectivity index (χ4v) is 4.48. The summed E-state index contributed by atoms with van der Waals surface area (Å²) in [5.74, 6) is 0.0174. The average Bonchev–Trinajstić information content (AvgIpc) is 3.42. The predicted molar refractivity (Wildman–Crippen MR) is 115 cm³/mol. The van der Waals surface area contributed by atoms with Gasteiger partial charge >= 0.3 is 6.03 Å². The zero-order valence-electron chi connectivity index (χ0n) is 17.1. The Morgan fingerprint density at radius 1 is 0.966 bits per heavy atom. The molecular weight excluding hydrogens is 362 g/mol. The van der Waals surface area contributed by atoms with Crippen LogP contribution in [0.4, 0.5) is 10.5 Å². The lowest BCUT2D eigenvalue weighted by molar-refractivity contribution is 0.0793. The van der Waals surface area contributed by atoms with Gasteiger partial charge < -0.3 is 15.1 Å². The largest absolute Gasteiger partial charge is 0.339 e. The molecule has 2 aromatic carbocycles. The molecule has 5 nitrogen and oxygen atoms in total. The molecule has 0 aliphatic carbocycles. The minimum absolute atomic E-state index is 0.0174. The van der Waals surface area contributed by atoms with Crippen LogP contribution >= 0.6 is 0 Å². The number of aryl methyl sites for hydroxylation is 1. The van der Waals surface area contributed by atoms with Crippen LogP contribution in [0.25, 0.3) is 0 Å². The van der Waals surface area contributed by atoms with Gasteiger partial charge in [0.25, 0.3) is 5.91 Å². The molecule has 2 heterocycles. The summed E-state index contributed by atoms with van der Waals surface area (Å²) in [4.78, 5) is 30.0. The molecule has 0 aromatic heterocycles. The average molecular weight is 392 g/mol. The van der Waals surface area contributed by atoms with Crippen LogP contribution in [0.15, 0.2) is 48.5 Å². The fourth-order valence-electron chi connectivity index (χ4n) is 4.48. The molecule has 2 fully saturated rings. The number of para-hydroxylation sites is 1. The molecule has 2 aliphatic heterocycles. The van der Waals surface area contributed by atoms with E-state index >= 15 is 0 Å². The zero-order valence-corrected chi connectivity index (χ0v) is 17.1. The van der Waals surface area contributed by atoms with Crippen LogP contribution in [-0.4, -0.2) is 47.4 Å². The maximum absolute atomic E-state index is 13.2. The third kappa shape index (κ3) is 4.29. The van der Waals surface area contributed by atoms with E-state index in [1.807, 2.05) is 53.1 Å². The van der Waals surface area contributed by atoms with Gasteiger partial charge in [-0.05, 0) is 56.2 Å². The van der Waals surface area contributed by atoms with Gasteiger partial charge in [0.15, 0.2) is 0 Å². The summed E-state index contributed by atoms with van der Waals surface area (Å²) in [6.07, 6.45) is 4.98. The topological polar surface area (TPSA) is 52.7 Å². The van der Waals surface area contributed by atoms with Crippen LogP contribution in [0.3, 0.4) is 0 Å². The second-order valence-electron chi connectivity index (χ2n) is 8.11. The maximum Gasteiger partial charge on any atom is 0.322 e.